The fraction of sp³-hybridized carbons (Fsp3) is 0.462. The number of rotatable bonds is 4. The van der Waals surface area contributed by atoms with E-state index in [1.807, 2.05) is 20.8 Å². The van der Waals surface area contributed by atoms with Crippen LogP contribution in [0.2, 0.25) is 0 Å². The molecule has 0 radical (unpaired) electrons. The third-order valence-corrected chi connectivity index (χ3v) is 4.68. The SMILES string of the molecule is CC(NS(=O)(=O)c1ccc(O)c(C(=O)O)c1)C(C)(C)C. The molecule has 0 saturated heterocycles. The van der Waals surface area contributed by atoms with Crippen molar-refractivity contribution in [3.63, 3.8) is 0 Å². The fourth-order valence-electron chi connectivity index (χ4n) is 1.33. The van der Waals surface area contributed by atoms with Gasteiger partial charge in [-0.2, -0.15) is 0 Å². The van der Waals surface area contributed by atoms with E-state index in [9.17, 15) is 18.3 Å². The van der Waals surface area contributed by atoms with Crippen LogP contribution < -0.4 is 4.72 Å². The van der Waals surface area contributed by atoms with Crippen LogP contribution in [-0.4, -0.2) is 30.6 Å². The maximum absolute atomic E-state index is 12.2. The summed E-state index contributed by atoms with van der Waals surface area (Å²) in [5.41, 5.74) is -0.726. The van der Waals surface area contributed by atoms with Crippen LogP contribution >= 0.6 is 0 Å². The van der Waals surface area contributed by atoms with E-state index < -0.39 is 27.3 Å². The fourth-order valence-corrected chi connectivity index (χ4v) is 2.81. The lowest BCUT2D eigenvalue weighted by Gasteiger charge is -2.27. The van der Waals surface area contributed by atoms with Gasteiger partial charge < -0.3 is 10.2 Å². The van der Waals surface area contributed by atoms with E-state index in [0.29, 0.717) is 0 Å². The summed E-state index contributed by atoms with van der Waals surface area (Å²) in [4.78, 5) is 10.7. The lowest BCUT2D eigenvalue weighted by atomic mass is 9.89. The van der Waals surface area contributed by atoms with Crippen LogP contribution in [0.25, 0.3) is 0 Å². The smallest absolute Gasteiger partial charge is 0.339 e. The molecule has 0 aliphatic heterocycles. The highest BCUT2D eigenvalue weighted by molar-refractivity contribution is 7.89. The highest BCUT2D eigenvalue weighted by atomic mass is 32.2. The van der Waals surface area contributed by atoms with Crippen molar-refractivity contribution in [3.8, 4) is 5.75 Å². The zero-order valence-electron chi connectivity index (χ0n) is 11.8. The summed E-state index contributed by atoms with van der Waals surface area (Å²) in [6, 6.07) is 2.82. The van der Waals surface area contributed by atoms with E-state index in [-0.39, 0.29) is 16.4 Å². The Morgan fingerprint density at radius 2 is 1.85 bits per heavy atom. The lowest BCUT2D eigenvalue weighted by Crippen LogP contribution is -2.41. The third kappa shape index (κ3) is 3.71. The normalized spacial score (nSPS) is 14.0. The molecule has 112 valence electrons. The van der Waals surface area contributed by atoms with E-state index >= 15 is 0 Å². The first kappa shape index (κ1) is 16.5. The molecule has 0 aromatic heterocycles. The van der Waals surface area contributed by atoms with Crippen molar-refractivity contribution in [2.45, 2.75) is 38.6 Å². The summed E-state index contributed by atoms with van der Waals surface area (Å²) < 4.78 is 26.9. The monoisotopic (exact) mass is 301 g/mol. The third-order valence-electron chi connectivity index (χ3n) is 3.14. The highest BCUT2D eigenvalue weighted by Gasteiger charge is 2.26. The van der Waals surface area contributed by atoms with Crippen molar-refractivity contribution in [1.29, 1.82) is 0 Å². The summed E-state index contributed by atoms with van der Waals surface area (Å²) in [5.74, 6) is -1.86. The predicted molar refractivity (Wildman–Crippen MR) is 74.3 cm³/mol. The largest absolute Gasteiger partial charge is 0.507 e. The van der Waals surface area contributed by atoms with Crippen LogP contribution in [-0.2, 0) is 10.0 Å². The zero-order chi connectivity index (χ0) is 15.7. The molecule has 7 heteroatoms. The number of carbonyl (C=O) groups is 1. The van der Waals surface area contributed by atoms with E-state index in [2.05, 4.69) is 4.72 Å². The Hall–Kier alpha value is -1.60. The molecule has 0 amide bonds. The maximum atomic E-state index is 12.2. The van der Waals surface area contributed by atoms with Crippen LogP contribution in [0.4, 0.5) is 0 Å². The van der Waals surface area contributed by atoms with Crippen LogP contribution in [0, 0.1) is 5.41 Å². The van der Waals surface area contributed by atoms with Gasteiger partial charge in [0.15, 0.2) is 0 Å². The molecule has 1 aromatic carbocycles. The van der Waals surface area contributed by atoms with Gasteiger partial charge in [-0.25, -0.2) is 17.9 Å². The summed E-state index contributed by atoms with van der Waals surface area (Å²) in [7, 11) is -3.84. The topological polar surface area (TPSA) is 104 Å². The minimum absolute atomic E-state index is 0.191. The molecule has 1 unspecified atom stereocenters. The molecule has 0 spiro atoms. The molecule has 1 aromatic rings. The Morgan fingerprint density at radius 1 is 1.30 bits per heavy atom. The van der Waals surface area contributed by atoms with E-state index in [4.69, 9.17) is 5.11 Å². The molecule has 20 heavy (non-hydrogen) atoms. The van der Waals surface area contributed by atoms with Gasteiger partial charge in [0.25, 0.3) is 0 Å². The minimum Gasteiger partial charge on any atom is -0.507 e. The van der Waals surface area contributed by atoms with Crippen molar-refractivity contribution in [1.82, 2.24) is 4.72 Å². The number of nitrogens with one attached hydrogen (secondary N) is 1. The van der Waals surface area contributed by atoms with E-state index in [1.54, 1.807) is 6.92 Å². The van der Waals surface area contributed by atoms with Crippen LogP contribution in [0.15, 0.2) is 23.1 Å². The second-order valence-corrected chi connectivity index (χ2v) is 7.41. The summed E-state index contributed by atoms with van der Waals surface area (Å²) in [6.45, 7) is 7.40. The minimum atomic E-state index is -3.84. The quantitative estimate of drug-likeness (QED) is 0.786. The average molecular weight is 301 g/mol. The van der Waals surface area contributed by atoms with Crippen LogP contribution in [0.3, 0.4) is 0 Å². The zero-order valence-corrected chi connectivity index (χ0v) is 12.7. The van der Waals surface area contributed by atoms with Gasteiger partial charge >= 0.3 is 5.97 Å². The molecule has 1 atom stereocenters. The molecule has 0 saturated carbocycles. The molecule has 0 heterocycles. The second kappa shape index (κ2) is 5.41. The molecule has 0 fully saturated rings. The number of carboxylic acids is 1. The molecule has 3 N–H and O–H groups in total. The average Bonchev–Trinajstić information content (AvgIpc) is 2.26. The number of hydrogen-bond acceptors (Lipinski definition) is 4. The first-order valence-electron chi connectivity index (χ1n) is 6.04. The Labute approximate surface area is 118 Å². The summed E-state index contributed by atoms with van der Waals surface area (Å²) in [5, 5.41) is 18.3. The Bertz CT molecular complexity index is 616. The first-order chi connectivity index (χ1) is 8.95. The van der Waals surface area contributed by atoms with E-state index in [0.717, 1.165) is 12.1 Å². The Morgan fingerprint density at radius 3 is 2.30 bits per heavy atom. The van der Waals surface area contributed by atoms with Gasteiger partial charge in [-0.3, -0.25) is 0 Å². The van der Waals surface area contributed by atoms with Gasteiger partial charge in [-0.15, -0.1) is 0 Å². The van der Waals surface area contributed by atoms with Crippen LogP contribution in [0.1, 0.15) is 38.1 Å². The van der Waals surface area contributed by atoms with Gasteiger partial charge in [0.2, 0.25) is 10.0 Å². The Balaban J connectivity index is 3.17. The number of aromatic hydroxyl groups is 1. The van der Waals surface area contributed by atoms with Gasteiger partial charge in [-0.1, -0.05) is 20.8 Å². The van der Waals surface area contributed by atoms with Gasteiger partial charge in [0, 0.05) is 6.04 Å². The number of phenols is 1. The number of sulfonamides is 1. The number of carboxylic acid groups (broad SMARTS) is 1. The number of hydrogen-bond donors (Lipinski definition) is 3. The number of benzene rings is 1. The first-order valence-corrected chi connectivity index (χ1v) is 7.52. The van der Waals surface area contributed by atoms with Crippen molar-refractivity contribution in [2.75, 3.05) is 0 Å². The standard InChI is InChI=1S/C13H19NO5S/c1-8(13(2,3)4)14-20(18,19)9-5-6-11(15)10(7-9)12(16)17/h5-8,14-15H,1-4H3,(H,16,17). The molecule has 0 aliphatic carbocycles. The molecule has 0 aliphatic rings. The van der Waals surface area contributed by atoms with Gasteiger partial charge in [0.1, 0.15) is 11.3 Å². The van der Waals surface area contributed by atoms with Gasteiger partial charge in [-0.05, 0) is 30.5 Å². The number of aromatic carboxylic acids is 1. The van der Waals surface area contributed by atoms with Crippen molar-refractivity contribution in [3.05, 3.63) is 23.8 Å². The summed E-state index contributed by atoms with van der Waals surface area (Å²) in [6.07, 6.45) is 0. The molecule has 1 rings (SSSR count). The maximum Gasteiger partial charge on any atom is 0.339 e. The molecular weight excluding hydrogens is 282 g/mol. The molecule has 6 nitrogen and oxygen atoms in total. The molecule has 0 bridgehead atoms. The lowest BCUT2D eigenvalue weighted by molar-refractivity contribution is 0.0693. The molecular formula is C13H19NO5S. The van der Waals surface area contributed by atoms with Crippen LogP contribution in [0.5, 0.6) is 5.75 Å². The van der Waals surface area contributed by atoms with Crippen molar-refractivity contribution in [2.24, 2.45) is 5.41 Å². The highest BCUT2D eigenvalue weighted by Crippen LogP contribution is 2.24. The predicted octanol–water partition coefficient (Wildman–Crippen LogP) is 1.80. The Kier molecular flexibility index (Phi) is 4.45. The van der Waals surface area contributed by atoms with E-state index in [1.165, 1.54) is 6.07 Å². The van der Waals surface area contributed by atoms with Gasteiger partial charge in [0.05, 0.1) is 4.90 Å². The van der Waals surface area contributed by atoms with Crippen molar-refractivity contribution < 1.29 is 23.4 Å². The second-order valence-electron chi connectivity index (χ2n) is 5.69. The summed E-state index contributed by atoms with van der Waals surface area (Å²) >= 11 is 0. The van der Waals surface area contributed by atoms with Crippen molar-refractivity contribution >= 4 is 16.0 Å².